The van der Waals surface area contributed by atoms with E-state index in [0.29, 0.717) is 11.4 Å². The van der Waals surface area contributed by atoms with Crippen LogP contribution in [0.5, 0.6) is 0 Å². The minimum absolute atomic E-state index is 0.142. The molecule has 0 bridgehead atoms. The molecule has 2 aliphatic rings. The van der Waals surface area contributed by atoms with E-state index in [0.717, 1.165) is 48.8 Å². The van der Waals surface area contributed by atoms with Gasteiger partial charge in [0, 0.05) is 24.0 Å². The van der Waals surface area contributed by atoms with E-state index in [1.165, 1.54) is 5.56 Å². The number of nitrogens with one attached hydrogen (secondary N) is 1. The Kier molecular flexibility index (Phi) is 4.84. The Morgan fingerprint density at radius 2 is 1.75 bits per heavy atom. The zero-order valence-corrected chi connectivity index (χ0v) is 16.8. The van der Waals surface area contributed by atoms with Crippen LogP contribution in [-0.2, 0) is 11.3 Å². The SMILES string of the molecule is CCc1ccc(C(=O)NN2C(c3cc(C)cc(C)c3)=NOC23CCCC3)cc1. The number of hydrogen-bond donors (Lipinski definition) is 1. The summed E-state index contributed by atoms with van der Waals surface area (Å²) >= 11 is 0. The number of hydrogen-bond acceptors (Lipinski definition) is 4. The molecule has 4 rings (SSSR count). The lowest BCUT2D eigenvalue weighted by Crippen LogP contribution is -2.56. The summed E-state index contributed by atoms with van der Waals surface area (Å²) in [5.41, 5.74) is 7.64. The largest absolute Gasteiger partial charge is 0.363 e. The van der Waals surface area contributed by atoms with Crippen molar-refractivity contribution < 1.29 is 9.63 Å². The van der Waals surface area contributed by atoms with E-state index in [1.807, 2.05) is 29.3 Å². The molecule has 1 spiro atoms. The minimum Gasteiger partial charge on any atom is -0.363 e. The number of rotatable bonds is 4. The van der Waals surface area contributed by atoms with Gasteiger partial charge in [0.25, 0.3) is 5.91 Å². The number of carbonyl (C=O) groups is 1. The Labute approximate surface area is 166 Å². The van der Waals surface area contributed by atoms with Crippen molar-refractivity contribution in [3.63, 3.8) is 0 Å². The number of benzene rings is 2. The maximum atomic E-state index is 13.0. The highest BCUT2D eigenvalue weighted by atomic mass is 16.7. The Morgan fingerprint density at radius 1 is 1.11 bits per heavy atom. The van der Waals surface area contributed by atoms with Crippen LogP contribution in [0.1, 0.15) is 65.2 Å². The van der Waals surface area contributed by atoms with Gasteiger partial charge in [-0.05, 0) is 62.9 Å². The first kappa shape index (κ1) is 18.5. The Balaban J connectivity index is 1.64. The molecule has 1 fully saturated rings. The van der Waals surface area contributed by atoms with E-state index < -0.39 is 5.72 Å². The van der Waals surface area contributed by atoms with Crippen LogP contribution in [0.25, 0.3) is 0 Å². The molecule has 0 saturated heterocycles. The molecule has 0 atom stereocenters. The highest BCUT2D eigenvalue weighted by molar-refractivity contribution is 6.02. The van der Waals surface area contributed by atoms with E-state index in [2.05, 4.69) is 49.6 Å². The molecule has 1 aliphatic carbocycles. The first-order valence-electron chi connectivity index (χ1n) is 10.1. The Morgan fingerprint density at radius 3 is 2.36 bits per heavy atom. The molecule has 0 radical (unpaired) electrons. The third-order valence-corrected chi connectivity index (χ3v) is 5.62. The average molecular weight is 377 g/mol. The fourth-order valence-corrected chi connectivity index (χ4v) is 4.14. The topological polar surface area (TPSA) is 53.9 Å². The second-order valence-corrected chi connectivity index (χ2v) is 7.86. The van der Waals surface area contributed by atoms with Gasteiger partial charge in [-0.2, -0.15) is 0 Å². The van der Waals surface area contributed by atoms with E-state index in [1.54, 1.807) is 0 Å². The van der Waals surface area contributed by atoms with Gasteiger partial charge < -0.3 is 4.84 Å². The fourth-order valence-electron chi connectivity index (χ4n) is 4.14. The second-order valence-electron chi connectivity index (χ2n) is 7.86. The van der Waals surface area contributed by atoms with Crippen molar-refractivity contribution in [3.8, 4) is 0 Å². The summed E-state index contributed by atoms with van der Waals surface area (Å²) in [6.45, 7) is 6.24. The van der Waals surface area contributed by atoms with Gasteiger partial charge in [0.15, 0.2) is 5.84 Å². The number of amidine groups is 1. The van der Waals surface area contributed by atoms with Gasteiger partial charge in [-0.15, -0.1) is 0 Å². The summed E-state index contributed by atoms with van der Waals surface area (Å²) in [5, 5.41) is 6.27. The summed E-state index contributed by atoms with van der Waals surface area (Å²) in [7, 11) is 0. The Bertz CT molecular complexity index is 892. The molecule has 1 N–H and O–H groups in total. The van der Waals surface area contributed by atoms with Crippen LogP contribution in [0.3, 0.4) is 0 Å². The maximum Gasteiger partial charge on any atom is 0.269 e. The fraction of sp³-hybridized carbons (Fsp3) is 0.391. The first-order chi connectivity index (χ1) is 13.5. The molecule has 1 saturated carbocycles. The molecule has 2 aromatic rings. The second kappa shape index (κ2) is 7.30. The summed E-state index contributed by atoms with van der Waals surface area (Å²) < 4.78 is 0. The van der Waals surface area contributed by atoms with E-state index in [4.69, 9.17) is 4.84 Å². The minimum atomic E-state index is -0.577. The number of oxime groups is 1. The van der Waals surface area contributed by atoms with Crippen molar-refractivity contribution in [1.82, 2.24) is 10.4 Å². The molecule has 2 aromatic carbocycles. The third kappa shape index (κ3) is 3.37. The molecule has 146 valence electrons. The lowest BCUT2D eigenvalue weighted by atomic mass is 10.0. The number of nitrogens with zero attached hydrogens (tertiary/aromatic N) is 2. The lowest BCUT2D eigenvalue weighted by molar-refractivity contribution is -0.106. The molecule has 1 heterocycles. The summed E-state index contributed by atoms with van der Waals surface area (Å²) in [6.07, 6.45) is 4.77. The van der Waals surface area contributed by atoms with Gasteiger partial charge in [0.05, 0.1) is 0 Å². The maximum absolute atomic E-state index is 13.0. The predicted molar refractivity (Wildman–Crippen MR) is 110 cm³/mol. The summed E-state index contributed by atoms with van der Waals surface area (Å²) in [6, 6.07) is 14.0. The monoisotopic (exact) mass is 377 g/mol. The number of hydrazine groups is 1. The lowest BCUT2D eigenvalue weighted by Gasteiger charge is -2.34. The predicted octanol–water partition coefficient (Wildman–Crippen LogP) is 4.47. The van der Waals surface area contributed by atoms with Gasteiger partial charge in [0.1, 0.15) is 0 Å². The normalized spacial score (nSPS) is 17.5. The molecule has 0 unspecified atom stereocenters. The molecule has 0 aromatic heterocycles. The van der Waals surface area contributed by atoms with Crippen LogP contribution in [-0.4, -0.2) is 22.5 Å². The van der Waals surface area contributed by atoms with E-state index >= 15 is 0 Å². The van der Waals surface area contributed by atoms with Crippen LogP contribution in [0, 0.1) is 13.8 Å². The number of aryl methyl sites for hydroxylation is 3. The Hall–Kier alpha value is -2.82. The van der Waals surface area contributed by atoms with E-state index in [-0.39, 0.29) is 5.91 Å². The first-order valence-corrected chi connectivity index (χ1v) is 10.1. The van der Waals surface area contributed by atoms with Crippen LogP contribution < -0.4 is 5.43 Å². The van der Waals surface area contributed by atoms with Crippen molar-refractivity contribution in [2.75, 3.05) is 0 Å². The molecule has 5 heteroatoms. The molecule has 28 heavy (non-hydrogen) atoms. The third-order valence-electron chi connectivity index (χ3n) is 5.62. The van der Waals surface area contributed by atoms with Crippen LogP contribution >= 0.6 is 0 Å². The standard InChI is InChI=1S/C23H27N3O2/c1-4-18-7-9-19(10-8-18)22(27)24-26-21(20-14-16(2)13-17(3)15-20)25-28-23(26)11-5-6-12-23/h7-10,13-15H,4-6,11-12H2,1-3H3,(H,24,27). The van der Waals surface area contributed by atoms with Crippen LogP contribution in [0.2, 0.25) is 0 Å². The zero-order valence-electron chi connectivity index (χ0n) is 16.8. The van der Waals surface area contributed by atoms with Gasteiger partial charge in [-0.3, -0.25) is 10.2 Å². The van der Waals surface area contributed by atoms with Gasteiger partial charge in [-0.25, -0.2) is 5.01 Å². The van der Waals surface area contributed by atoms with Crippen molar-refractivity contribution in [1.29, 1.82) is 0 Å². The van der Waals surface area contributed by atoms with E-state index in [9.17, 15) is 4.79 Å². The highest BCUT2D eigenvalue weighted by Gasteiger charge is 2.49. The van der Waals surface area contributed by atoms with Gasteiger partial charge in [0.2, 0.25) is 5.72 Å². The van der Waals surface area contributed by atoms with Gasteiger partial charge in [-0.1, -0.05) is 41.4 Å². The number of carbonyl (C=O) groups excluding carboxylic acids is 1. The van der Waals surface area contributed by atoms with Gasteiger partial charge >= 0.3 is 0 Å². The van der Waals surface area contributed by atoms with Crippen molar-refractivity contribution in [3.05, 3.63) is 70.3 Å². The highest BCUT2D eigenvalue weighted by Crippen LogP contribution is 2.40. The zero-order chi connectivity index (χ0) is 19.7. The molecular weight excluding hydrogens is 350 g/mol. The van der Waals surface area contributed by atoms with Crippen LogP contribution in [0.15, 0.2) is 47.6 Å². The quantitative estimate of drug-likeness (QED) is 0.855. The van der Waals surface area contributed by atoms with Crippen molar-refractivity contribution >= 4 is 11.7 Å². The molecule has 5 nitrogen and oxygen atoms in total. The smallest absolute Gasteiger partial charge is 0.269 e. The molecule has 1 amide bonds. The van der Waals surface area contributed by atoms with Crippen LogP contribution in [0.4, 0.5) is 0 Å². The molecule has 1 aliphatic heterocycles. The molecular formula is C23H27N3O2. The van der Waals surface area contributed by atoms with Crippen molar-refractivity contribution in [2.45, 2.75) is 58.6 Å². The van der Waals surface area contributed by atoms with Crippen molar-refractivity contribution in [2.24, 2.45) is 5.16 Å². The number of amides is 1. The average Bonchev–Trinajstić information content (AvgIpc) is 3.29. The summed E-state index contributed by atoms with van der Waals surface area (Å²) in [4.78, 5) is 18.9. The summed E-state index contributed by atoms with van der Waals surface area (Å²) in [5.74, 6) is 0.531.